The van der Waals surface area contributed by atoms with E-state index >= 15 is 0 Å². The van der Waals surface area contributed by atoms with Crippen molar-refractivity contribution in [1.82, 2.24) is 14.3 Å². The zero-order chi connectivity index (χ0) is 30.6. The van der Waals surface area contributed by atoms with Crippen molar-refractivity contribution in [2.45, 2.75) is 32.5 Å². The van der Waals surface area contributed by atoms with E-state index in [1.54, 1.807) is 32.4 Å². The van der Waals surface area contributed by atoms with Gasteiger partial charge in [-0.3, -0.25) is 0 Å². The molecule has 0 aliphatic carbocycles. The van der Waals surface area contributed by atoms with Crippen LogP contribution in [0.3, 0.4) is 0 Å². The third-order valence-electron chi connectivity index (χ3n) is 7.31. The second-order valence-corrected chi connectivity index (χ2v) is 13.1. The number of aromatic nitrogens is 2. The fraction of sp³-hybridized carbons (Fsp3) is 0.290. The fourth-order valence-corrected chi connectivity index (χ4v) is 6.69. The standard InChI is InChI=1S/C31H32BrFN4O5S/c1-4-37(43(38,39)5-2)19-31(12-7-13-42-31)25-16-24-27(17-29(25)40-3)34-20-35-30(24)36-23-10-11-28(26(32)15-23)41-18-21-8-6-9-22(33)14-21/h6-11,13-17,20H,4-5,12,18-19H2,1-3H3,(H,34,35,36). The van der Waals surface area contributed by atoms with Crippen molar-refractivity contribution >= 4 is 48.4 Å². The van der Waals surface area contributed by atoms with Gasteiger partial charge in [0.2, 0.25) is 10.0 Å². The van der Waals surface area contributed by atoms with Gasteiger partial charge in [-0.25, -0.2) is 22.8 Å². The molecule has 0 spiro atoms. The zero-order valence-electron chi connectivity index (χ0n) is 24.0. The third-order valence-corrected chi connectivity index (χ3v) is 9.83. The number of sulfonamides is 1. The molecule has 1 aliphatic heterocycles. The van der Waals surface area contributed by atoms with Crippen LogP contribution in [0.25, 0.3) is 10.9 Å². The zero-order valence-corrected chi connectivity index (χ0v) is 26.4. The molecule has 5 rings (SSSR count). The lowest BCUT2D eigenvalue weighted by Crippen LogP contribution is -2.44. The molecular weight excluding hydrogens is 639 g/mol. The number of hydrogen-bond acceptors (Lipinski definition) is 8. The van der Waals surface area contributed by atoms with Gasteiger partial charge in [-0.05, 0) is 70.9 Å². The van der Waals surface area contributed by atoms with E-state index in [1.165, 1.54) is 22.8 Å². The van der Waals surface area contributed by atoms with Crippen LogP contribution in [-0.4, -0.2) is 48.6 Å². The molecular formula is C31H32BrFN4O5S. The van der Waals surface area contributed by atoms with Crippen LogP contribution in [0.2, 0.25) is 0 Å². The van der Waals surface area contributed by atoms with Crippen molar-refractivity contribution in [2.24, 2.45) is 0 Å². The molecule has 226 valence electrons. The second kappa shape index (κ2) is 12.9. The number of benzene rings is 3. The molecule has 1 aliphatic rings. The highest BCUT2D eigenvalue weighted by Crippen LogP contribution is 2.43. The van der Waals surface area contributed by atoms with E-state index in [9.17, 15) is 12.8 Å². The van der Waals surface area contributed by atoms with Gasteiger partial charge in [0.25, 0.3) is 0 Å². The number of methoxy groups -OCH3 is 1. The van der Waals surface area contributed by atoms with Gasteiger partial charge in [-0.2, -0.15) is 4.31 Å². The lowest BCUT2D eigenvalue weighted by atomic mass is 9.89. The Hall–Kier alpha value is -3.74. The molecule has 1 aromatic heterocycles. The number of hydrogen-bond donors (Lipinski definition) is 1. The maximum absolute atomic E-state index is 13.5. The summed E-state index contributed by atoms with van der Waals surface area (Å²) in [6.07, 6.45) is 5.41. The molecule has 1 atom stereocenters. The van der Waals surface area contributed by atoms with E-state index in [-0.39, 0.29) is 24.7 Å². The molecule has 0 bridgehead atoms. The van der Waals surface area contributed by atoms with Crippen LogP contribution in [0, 0.1) is 5.82 Å². The Bertz CT molecular complexity index is 1760. The van der Waals surface area contributed by atoms with Gasteiger partial charge >= 0.3 is 0 Å². The number of halogens is 2. The summed E-state index contributed by atoms with van der Waals surface area (Å²) in [6.45, 7) is 4.09. The van der Waals surface area contributed by atoms with Crippen LogP contribution < -0.4 is 14.8 Å². The number of nitrogens with zero attached hydrogens (tertiary/aromatic N) is 3. The van der Waals surface area contributed by atoms with Crippen molar-refractivity contribution in [2.75, 3.05) is 31.3 Å². The molecule has 43 heavy (non-hydrogen) atoms. The Morgan fingerprint density at radius 3 is 2.63 bits per heavy atom. The highest BCUT2D eigenvalue weighted by Gasteiger charge is 2.42. The van der Waals surface area contributed by atoms with Gasteiger partial charge in [0.1, 0.15) is 36.1 Å². The van der Waals surface area contributed by atoms with Gasteiger partial charge in [0.05, 0.1) is 35.7 Å². The lowest BCUT2D eigenvalue weighted by Gasteiger charge is -2.35. The molecule has 0 fully saturated rings. The normalized spacial score (nSPS) is 16.4. The van der Waals surface area contributed by atoms with E-state index in [2.05, 4.69) is 31.2 Å². The molecule has 1 N–H and O–H groups in total. The van der Waals surface area contributed by atoms with Crippen molar-refractivity contribution in [3.05, 3.63) is 94.7 Å². The molecule has 2 heterocycles. The minimum Gasteiger partial charge on any atom is -0.496 e. The van der Waals surface area contributed by atoms with E-state index in [0.29, 0.717) is 51.2 Å². The van der Waals surface area contributed by atoms with Crippen molar-refractivity contribution in [1.29, 1.82) is 0 Å². The van der Waals surface area contributed by atoms with Crippen molar-refractivity contribution in [3.63, 3.8) is 0 Å². The third kappa shape index (κ3) is 6.61. The summed E-state index contributed by atoms with van der Waals surface area (Å²) >= 11 is 3.57. The molecule has 0 radical (unpaired) electrons. The first kappa shape index (κ1) is 30.7. The van der Waals surface area contributed by atoms with E-state index in [0.717, 1.165) is 11.3 Å². The first-order chi connectivity index (χ1) is 20.7. The first-order valence-corrected chi connectivity index (χ1v) is 16.2. The van der Waals surface area contributed by atoms with Crippen molar-refractivity contribution in [3.8, 4) is 11.5 Å². The molecule has 4 aromatic rings. The van der Waals surface area contributed by atoms with E-state index in [1.807, 2.05) is 43.3 Å². The van der Waals surface area contributed by atoms with Crippen LogP contribution >= 0.6 is 15.9 Å². The largest absolute Gasteiger partial charge is 0.496 e. The van der Waals surface area contributed by atoms with Crippen LogP contribution in [0.15, 0.2) is 77.7 Å². The minimum absolute atomic E-state index is 0.00862. The van der Waals surface area contributed by atoms with E-state index < -0.39 is 15.6 Å². The summed E-state index contributed by atoms with van der Waals surface area (Å²) in [4.78, 5) is 8.96. The minimum atomic E-state index is -3.47. The van der Waals surface area contributed by atoms with Gasteiger partial charge < -0.3 is 19.5 Å². The molecule has 0 saturated carbocycles. The average molecular weight is 672 g/mol. The first-order valence-electron chi connectivity index (χ1n) is 13.8. The number of fused-ring (bicyclic) bond motifs is 1. The molecule has 1 unspecified atom stereocenters. The Kier molecular flexibility index (Phi) is 9.19. The molecule has 0 saturated heterocycles. The fourth-order valence-electron chi connectivity index (χ4n) is 5.03. The highest BCUT2D eigenvalue weighted by atomic mass is 79.9. The Morgan fingerprint density at radius 2 is 1.95 bits per heavy atom. The van der Waals surface area contributed by atoms with Crippen LogP contribution in [-0.2, 0) is 27.0 Å². The molecule has 12 heteroatoms. The summed E-state index contributed by atoms with van der Waals surface area (Å²) in [5.74, 6) is 1.36. The monoisotopic (exact) mass is 670 g/mol. The van der Waals surface area contributed by atoms with Gasteiger partial charge in [0.15, 0.2) is 5.60 Å². The molecule has 0 amide bonds. The summed E-state index contributed by atoms with van der Waals surface area (Å²) < 4.78 is 59.2. The summed E-state index contributed by atoms with van der Waals surface area (Å²) in [5, 5.41) is 4.07. The number of anilines is 2. The number of likely N-dealkylation sites (N-methyl/N-ethyl adjacent to an activating group) is 1. The maximum Gasteiger partial charge on any atom is 0.213 e. The Balaban J connectivity index is 1.47. The predicted octanol–water partition coefficient (Wildman–Crippen LogP) is 6.66. The summed E-state index contributed by atoms with van der Waals surface area (Å²) in [5.41, 5.74) is 1.80. The smallest absolute Gasteiger partial charge is 0.213 e. The van der Waals surface area contributed by atoms with Crippen molar-refractivity contribution < 1.29 is 27.0 Å². The summed E-state index contributed by atoms with van der Waals surface area (Å²) in [7, 11) is -1.90. The Morgan fingerprint density at radius 1 is 1.12 bits per heavy atom. The number of ether oxygens (including phenoxy) is 3. The highest BCUT2D eigenvalue weighted by molar-refractivity contribution is 9.10. The molecule has 9 nitrogen and oxygen atoms in total. The number of rotatable bonds is 12. The number of nitrogens with one attached hydrogen (secondary N) is 1. The van der Waals surface area contributed by atoms with Gasteiger partial charge in [0, 0.05) is 35.7 Å². The maximum atomic E-state index is 13.5. The summed E-state index contributed by atoms with van der Waals surface area (Å²) in [6, 6.07) is 15.5. The second-order valence-electron chi connectivity index (χ2n) is 10.00. The molecule has 3 aromatic carbocycles. The quantitative estimate of drug-likeness (QED) is 0.178. The Labute approximate surface area is 258 Å². The van der Waals surface area contributed by atoms with Gasteiger partial charge in [-0.1, -0.05) is 19.1 Å². The SMILES string of the molecule is CCN(CC1(c2cc3c(Nc4ccc(OCc5cccc(F)c5)c(Br)c4)ncnc3cc2OC)CC=CO1)S(=O)(=O)CC. The lowest BCUT2D eigenvalue weighted by molar-refractivity contribution is 0.0221. The topological polar surface area (TPSA) is 103 Å². The van der Waals surface area contributed by atoms with Crippen LogP contribution in [0.4, 0.5) is 15.9 Å². The average Bonchev–Trinajstić information content (AvgIpc) is 3.48. The van der Waals surface area contributed by atoms with Crippen LogP contribution in [0.5, 0.6) is 11.5 Å². The predicted molar refractivity (Wildman–Crippen MR) is 167 cm³/mol. The van der Waals surface area contributed by atoms with Gasteiger partial charge in [-0.15, -0.1) is 0 Å². The van der Waals surface area contributed by atoms with E-state index in [4.69, 9.17) is 14.2 Å². The van der Waals surface area contributed by atoms with Crippen LogP contribution in [0.1, 0.15) is 31.4 Å².